The minimum Gasteiger partial charge on any atom is -0.480 e. The maximum absolute atomic E-state index is 11.8. The van der Waals surface area contributed by atoms with Crippen LogP contribution in [0.4, 0.5) is 0 Å². The highest BCUT2D eigenvalue weighted by Crippen LogP contribution is 2.26. The molecule has 1 heterocycles. The molecule has 1 aromatic rings. The average molecular weight is 335 g/mol. The number of benzene rings is 1. The smallest absolute Gasteiger partial charge is 0.257 e. The molecule has 24 heavy (non-hydrogen) atoms. The minimum atomic E-state index is -0.172. The fraction of sp³-hybridized carbons (Fsp3) is 0.529. The predicted octanol–water partition coefficient (Wildman–Crippen LogP) is 0.402. The highest BCUT2D eigenvalue weighted by Gasteiger charge is 2.10. The molecule has 0 saturated carbocycles. The van der Waals surface area contributed by atoms with E-state index in [1.54, 1.807) is 24.3 Å². The highest BCUT2D eigenvalue weighted by molar-refractivity contribution is 5.78. The number of carbonyl (C=O) groups excluding carboxylic acids is 2. The van der Waals surface area contributed by atoms with E-state index < -0.39 is 0 Å². The Labute approximate surface area is 142 Å². The highest BCUT2D eigenvalue weighted by atomic mass is 16.5. The van der Waals surface area contributed by atoms with E-state index in [-0.39, 0.29) is 25.0 Å². The summed E-state index contributed by atoms with van der Waals surface area (Å²) in [4.78, 5) is 25.8. The van der Waals surface area contributed by atoms with Crippen molar-refractivity contribution >= 4 is 11.8 Å². The molecule has 1 aliphatic heterocycles. The van der Waals surface area contributed by atoms with Crippen LogP contribution in [0.2, 0.25) is 0 Å². The topological polar surface area (TPSA) is 79.9 Å². The first-order valence-corrected chi connectivity index (χ1v) is 8.22. The number of ether oxygens (including phenoxy) is 2. The molecule has 0 radical (unpaired) electrons. The number of fused-ring (bicyclic) bond motifs is 1. The van der Waals surface area contributed by atoms with Gasteiger partial charge in [0.05, 0.1) is 0 Å². The summed E-state index contributed by atoms with van der Waals surface area (Å²) in [7, 11) is 2.03. The van der Waals surface area contributed by atoms with Crippen molar-refractivity contribution in [2.75, 3.05) is 46.4 Å². The van der Waals surface area contributed by atoms with Crippen LogP contribution < -0.4 is 20.1 Å². The molecule has 132 valence electrons. The van der Waals surface area contributed by atoms with Crippen molar-refractivity contribution in [3.8, 4) is 11.5 Å². The Morgan fingerprint density at radius 3 is 1.79 bits per heavy atom. The molecule has 1 aromatic carbocycles. The van der Waals surface area contributed by atoms with Gasteiger partial charge in [-0.25, -0.2) is 0 Å². The Kier molecular flexibility index (Phi) is 7.35. The van der Waals surface area contributed by atoms with E-state index in [1.807, 2.05) is 7.05 Å². The number of nitrogens with zero attached hydrogens (tertiary/aromatic N) is 1. The summed E-state index contributed by atoms with van der Waals surface area (Å²) in [6.07, 6.45) is 1.74. The van der Waals surface area contributed by atoms with Gasteiger partial charge in [-0.1, -0.05) is 12.1 Å². The van der Waals surface area contributed by atoms with E-state index in [1.165, 1.54) is 0 Å². The maximum atomic E-state index is 11.8. The number of rotatable bonds is 0. The zero-order valence-corrected chi connectivity index (χ0v) is 14.0. The van der Waals surface area contributed by atoms with Crippen molar-refractivity contribution in [2.45, 2.75) is 12.8 Å². The molecule has 7 nitrogen and oxygen atoms in total. The minimum absolute atomic E-state index is 0.0809. The maximum Gasteiger partial charge on any atom is 0.257 e. The number of hydrogen-bond acceptors (Lipinski definition) is 5. The molecular weight excluding hydrogens is 310 g/mol. The lowest BCUT2D eigenvalue weighted by molar-refractivity contribution is -0.124. The lowest BCUT2D eigenvalue weighted by Gasteiger charge is -2.16. The van der Waals surface area contributed by atoms with Crippen LogP contribution in [-0.2, 0) is 9.59 Å². The van der Waals surface area contributed by atoms with Crippen molar-refractivity contribution in [1.82, 2.24) is 15.5 Å². The molecule has 0 fully saturated rings. The number of amides is 2. The van der Waals surface area contributed by atoms with E-state index in [0.29, 0.717) is 24.6 Å². The summed E-state index contributed by atoms with van der Waals surface area (Å²) in [5.74, 6) is 0.554. The second-order valence-electron chi connectivity index (χ2n) is 5.73. The number of carbonyl (C=O) groups is 2. The van der Waals surface area contributed by atoms with Crippen molar-refractivity contribution < 1.29 is 19.1 Å². The summed E-state index contributed by atoms with van der Waals surface area (Å²) >= 11 is 0. The SMILES string of the molecule is CN1CCCNC(=O)COc2ccccc2OCC(=O)NCCC1. The van der Waals surface area contributed by atoms with Gasteiger partial charge in [-0.3, -0.25) is 9.59 Å². The Morgan fingerprint density at radius 1 is 0.875 bits per heavy atom. The first-order valence-electron chi connectivity index (χ1n) is 8.22. The molecule has 7 heteroatoms. The van der Waals surface area contributed by atoms with E-state index in [2.05, 4.69) is 15.5 Å². The zero-order valence-electron chi connectivity index (χ0n) is 14.0. The normalized spacial score (nSPS) is 19.0. The van der Waals surface area contributed by atoms with Crippen LogP contribution in [0.25, 0.3) is 0 Å². The molecule has 1 aliphatic rings. The molecule has 0 unspecified atom stereocenters. The fourth-order valence-corrected chi connectivity index (χ4v) is 2.34. The first kappa shape index (κ1) is 18.1. The summed E-state index contributed by atoms with van der Waals surface area (Å²) in [6, 6.07) is 7.00. The van der Waals surface area contributed by atoms with Gasteiger partial charge in [0.15, 0.2) is 24.7 Å². The monoisotopic (exact) mass is 335 g/mol. The lowest BCUT2D eigenvalue weighted by atomic mass is 10.3. The van der Waals surface area contributed by atoms with Crippen LogP contribution in [0.3, 0.4) is 0 Å². The summed E-state index contributed by atoms with van der Waals surface area (Å²) in [5.41, 5.74) is 0. The summed E-state index contributed by atoms with van der Waals surface area (Å²) in [6.45, 7) is 2.84. The van der Waals surface area contributed by atoms with Crippen LogP contribution in [0.5, 0.6) is 11.5 Å². The van der Waals surface area contributed by atoms with Gasteiger partial charge in [0.25, 0.3) is 11.8 Å². The third-order valence-corrected chi connectivity index (χ3v) is 3.64. The average Bonchev–Trinajstić information content (AvgIpc) is 2.59. The second-order valence-corrected chi connectivity index (χ2v) is 5.73. The number of para-hydroxylation sites is 2. The third kappa shape index (κ3) is 6.45. The molecule has 0 aliphatic carbocycles. The predicted molar refractivity (Wildman–Crippen MR) is 90.2 cm³/mol. The van der Waals surface area contributed by atoms with Gasteiger partial charge < -0.3 is 25.0 Å². The van der Waals surface area contributed by atoms with Gasteiger partial charge in [0.2, 0.25) is 0 Å². The van der Waals surface area contributed by atoms with Gasteiger partial charge in [-0.2, -0.15) is 0 Å². The molecule has 2 amide bonds. The number of nitrogens with one attached hydrogen (secondary N) is 2. The number of hydrogen-bond donors (Lipinski definition) is 2. The van der Waals surface area contributed by atoms with Crippen LogP contribution in [0.1, 0.15) is 12.8 Å². The van der Waals surface area contributed by atoms with E-state index in [0.717, 1.165) is 25.9 Å². The third-order valence-electron chi connectivity index (χ3n) is 3.64. The van der Waals surface area contributed by atoms with Gasteiger partial charge in [-0.15, -0.1) is 0 Å². The molecular formula is C17H25N3O4. The van der Waals surface area contributed by atoms with Gasteiger partial charge in [0, 0.05) is 13.1 Å². The van der Waals surface area contributed by atoms with Gasteiger partial charge >= 0.3 is 0 Å². The van der Waals surface area contributed by atoms with E-state index >= 15 is 0 Å². The standard InChI is InChI=1S/C17H25N3O4/c1-20-10-4-8-18-16(21)12-23-14-6-2-3-7-15(14)24-13-17(22)19-9-5-11-20/h2-3,6-7H,4-5,8-13H2,1H3,(H,18,21)(H,19,22). The Hall–Kier alpha value is -2.28. The van der Waals surface area contributed by atoms with Crippen LogP contribution >= 0.6 is 0 Å². The van der Waals surface area contributed by atoms with Crippen LogP contribution in [0, 0.1) is 0 Å². The Morgan fingerprint density at radius 2 is 1.33 bits per heavy atom. The van der Waals surface area contributed by atoms with Crippen molar-refractivity contribution in [3.63, 3.8) is 0 Å². The lowest BCUT2D eigenvalue weighted by Crippen LogP contribution is -2.33. The van der Waals surface area contributed by atoms with Crippen LogP contribution in [0.15, 0.2) is 24.3 Å². The summed E-state index contributed by atoms with van der Waals surface area (Å²) in [5, 5.41) is 5.67. The quantitative estimate of drug-likeness (QED) is 0.717. The molecule has 2 rings (SSSR count). The van der Waals surface area contributed by atoms with Crippen molar-refractivity contribution in [2.24, 2.45) is 0 Å². The van der Waals surface area contributed by atoms with E-state index in [4.69, 9.17) is 9.47 Å². The van der Waals surface area contributed by atoms with Crippen molar-refractivity contribution in [1.29, 1.82) is 0 Å². The van der Waals surface area contributed by atoms with Crippen molar-refractivity contribution in [3.05, 3.63) is 24.3 Å². The Balaban J connectivity index is 1.97. The zero-order chi connectivity index (χ0) is 17.2. The molecule has 0 aromatic heterocycles. The molecule has 0 atom stereocenters. The summed E-state index contributed by atoms with van der Waals surface area (Å²) < 4.78 is 11.0. The Bertz CT molecular complexity index is 503. The fourth-order valence-electron chi connectivity index (χ4n) is 2.34. The van der Waals surface area contributed by atoms with E-state index in [9.17, 15) is 9.59 Å². The molecule has 0 spiro atoms. The molecule has 2 N–H and O–H groups in total. The first-order chi connectivity index (χ1) is 11.6. The largest absolute Gasteiger partial charge is 0.480 e. The van der Waals surface area contributed by atoms with Crippen LogP contribution in [-0.4, -0.2) is 63.2 Å². The molecule has 0 saturated heterocycles. The van der Waals surface area contributed by atoms with Gasteiger partial charge in [-0.05, 0) is 45.1 Å². The van der Waals surface area contributed by atoms with Gasteiger partial charge in [0.1, 0.15) is 0 Å². The second kappa shape index (κ2) is 9.77. The molecule has 0 bridgehead atoms.